The van der Waals surface area contributed by atoms with Crippen LogP contribution in [0.3, 0.4) is 0 Å². The van der Waals surface area contributed by atoms with Gasteiger partial charge in [0.2, 0.25) is 0 Å². The van der Waals surface area contributed by atoms with Gasteiger partial charge in [0, 0.05) is 19.6 Å². The van der Waals surface area contributed by atoms with Crippen LogP contribution in [0.1, 0.15) is 44.1 Å². The fourth-order valence-corrected chi connectivity index (χ4v) is 3.96. The maximum absolute atomic E-state index is 3.88. The number of hydrogen-bond donors (Lipinski definition) is 2. The highest BCUT2D eigenvalue weighted by Crippen LogP contribution is 2.38. The van der Waals surface area contributed by atoms with Crippen molar-refractivity contribution in [2.24, 2.45) is 5.92 Å². The number of rotatable bonds is 2. The third kappa shape index (κ3) is 2.70. The number of nitrogens with one attached hydrogen (secondary N) is 2. The molecule has 0 aromatic heterocycles. The van der Waals surface area contributed by atoms with Crippen LogP contribution in [0.5, 0.6) is 0 Å². The van der Waals surface area contributed by atoms with Crippen molar-refractivity contribution >= 4 is 0 Å². The van der Waals surface area contributed by atoms with Gasteiger partial charge in [0.1, 0.15) is 0 Å². The van der Waals surface area contributed by atoms with E-state index in [0.29, 0.717) is 0 Å². The summed E-state index contributed by atoms with van der Waals surface area (Å²) in [5.41, 5.74) is 1.65. The third-order valence-electron chi connectivity index (χ3n) is 4.99. The van der Waals surface area contributed by atoms with Gasteiger partial charge in [-0.3, -0.25) is 0 Å². The maximum atomic E-state index is 3.88. The molecule has 0 radical (unpaired) electrons. The zero-order valence-corrected chi connectivity index (χ0v) is 11.8. The van der Waals surface area contributed by atoms with Crippen LogP contribution < -0.4 is 10.6 Å². The molecule has 1 aliphatic heterocycles. The molecule has 2 N–H and O–H groups in total. The number of hydrogen-bond acceptors (Lipinski definition) is 2. The quantitative estimate of drug-likeness (QED) is 0.797. The summed E-state index contributed by atoms with van der Waals surface area (Å²) in [6, 6.07) is 11.1. The first-order valence-electron chi connectivity index (χ1n) is 7.93. The average molecular weight is 258 g/mol. The molecular formula is C17H26N2. The van der Waals surface area contributed by atoms with Crippen molar-refractivity contribution in [1.29, 1.82) is 0 Å². The minimum Gasteiger partial charge on any atom is -0.313 e. The standard InChI is InChI=1S/C17H26N2/c1-2-5-9-15(8-4-1)17(14-18-12-13-19-17)16-10-6-3-7-11-16/h3,6-7,10-11,15,18-19H,1-2,4-5,8-9,12-14H2. The summed E-state index contributed by atoms with van der Waals surface area (Å²) in [5, 5.41) is 7.51. The molecule has 2 heteroatoms. The van der Waals surface area contributed by atoms with Gasteiger partial charge in [-0.05, 0) is 24.3 Å². The van der Waals surface area contributed by atoms with Gasteiger partial charge in [0.05, 0.1) is 5.54 Å². The molecule has 1 saturated heterocycles. The highest BCUT2D eigenvalue weighted by molar-refractivity contribution is 5.27. The summed E-state index contributed by atoms with van der Waals surface area (Å²) in [4.78, 5) is 0. The summed E-state index contributed by atoms with van der Waals surface area (Å²) in [6.07, 6.45) is 8.42. The van der Waals surface area contributed by atoms with Gasteiger partial charge in [-0.25, -0.2) is 0 Å². The van der Waals surface area contributed by atoms with E-state index in [1.807, 2.05) is 0 Å². The first kappa shape index (κ1) is 13.1. The second-order valence-electron chi connectivity index (χ2n) is 6.13. The zero-order chi connectivity index (χ0) is 13.0. The topological polar surface area (TPSA) is 24.1 Å². The normalized spacial score (nSPS) is 29.9. The zero-order valence-electron chi connectivity index (χ0n) is 11.8. The molecule has 1 aromatic carbocycles. The Morgan fingerprint density at radius 1 is 0.895 bits per heavy atom. The Balaban J connectivity index is 1.91. The summed E-state index contributed by atoms with van der Waals surface area (Å²) in [7, 11) is 0. The molecule has 1 aliphatic carbocycles. The van der Waals surface area contributed by atoms with Gasteiger partial charge < -0.3 is 10.6 Å². The number of piperazine rings is 1. The minimum absolute atomic E-state index is 0.170. The fourth-order valence-electron chi connectivity index (χ4n) is 3.96. The van der Waals surface area contributed by atoms with E-state index in [9.17, 15) is 0 Å². The molecule has 0 spiro atoms. The largest absolute Gasteiger partial charge is 0.313 e. The van der Waals surface area contributed by atoms with Crippen molar-refractivity contribution in [3.63, 3.8) is 0 Å². The molecule has 1 saturated carbocycles. The molecule has 1 heterocycles. The SMILES string of the molecule is c1ccc(C2(C3CCCCCC3)CNCCN2)cc1. The number of benzene rings is 1. The van der Waals surface area contributed by atoms with Crippen LogP contribution in [0, 0.1) is 5.92 Å². The Labute approximate surface area is 117 Å². The van der Waals surface area contributed by atoms with Crippen molar-refractivity contribution in [3.8, 4) is 0 Å². The van der Waals surface area contributed by atoms with Crippen molar-refractivity contribution in [1.82, 2.24) is 10.6 Å². The van der Waals surface area contributed by atoms with Gasteiger partial charge in [-0.15, -0.1) is 0 Å². The third-order valence-corrected chi connectivity index (χ3v) is 4.99. The van der Waals surface area contributed by atoms with E-state index in [0.717, 1.165) is 25.6 Å². The van der Waals surface area contributed by atoms with Gasteiger partial charge in [-0.1, -0.05) is 56.0 Å². The molecule has 3 rings (SSSR count). The molecule has 104 valence electrons. The molecule has 1 aromatic rings. The maximum Gasteiger partial charge on any atom is 0.0589 e. The van der Waals surface area contributed by atoms with Crippen LogP contribution in [0.15, 0.2) is 30.3 Å². The lowest BCUT2D eigenvalue weighted by Crippen LogP contribution is -2.60. The summed E-state index contributed by atoms with van der Waals surface area (Å²) in [6.45, 7) is 3.27. The molecule has 1 atom stereocenters. The van der Waals surface area contributed by atoms with E-state index in [4.69, 9.17) is 0 Å². The van der Waals surface area contributed by atoms with Crippen LogP contribution in [0.2, 0.25) is 0 Å². The summed E-state index contributed by atoms with van der Waals surface area (Å²) >= 11 is 0. The molecule has 0 bridgehead atoms. The van der Waals surface area contributed by atoms with Crippen LogP contribution in [-0.2, 0) is 5.54 Å². The first-order chi connectivity index (χ1) is 9.42. The summed E-state index contributed by atoms with van der Waals surface area (Å²) in [5.74, 6) is 0.783. The lowest BCUT2D eigenvalue weighted by atomic mass is 9.73. The van der Waals surface area contributed by atoms with Gasteiger partial charge in [-0.2, -0.15) is 0 Å². The fraction of sp³-hybridized carbons (Fsp3) is 0.647. The van der Waals surface area contributed by atoms with Crippen molar-refractivity contribution in [2.75, 3.05) is 19.6 Å². The lowest BCUT2D eigenvalue weighted by molar-refractivity contribution is 0.159. The highest BCUT2D eigenvalue weighted by Gasteiger charge is 2.40. The Hall–Kier alpha value is -0.860. The van der Waals surface area contributed by atoms with E-state index in [2.05, 4.69) is 41.0 Å². The van der Waals surface area contributed by atoms with Crippen LogP contribution in [0.25, 0.3) is 0 Å². The van der Waals surface area contributed by atoms with Crippen molar-refractivity contribution in [3.05, 3.63) is 35.9 Å². The molecule has 2 fully saturated rings. The van der Waals surface area contributed by atoms with Gasteiger partial charge in [0.15, 0.2) is 0 Å². The van der Waals surface area contributed by atoms with Crippen LogP contribution in [-0.4, -0.2) is 19.6 Å². The molecule has 1 unspecified atom stereocenters. The van der Waals surface area contributed by atoms with E-state index < -0.39 is 0 Å². The van der Waals surface area contributed by atoms with E-state index in [-0.39, 0.29) is 5.54 Å². The predicted molar refractivity (Wildman–Crippen MR) is 80.2 cm³/mol. The van der Waals surface area contributed by atoms with E-state index >= 15 is 0 Å². The molecular weight excluding hydrogens is 232 g/mol. The van der Waals surface area contributed by atoms with E-state index in [1.165, 1.54) is 44.1 Å². The molecule has 19 heavy (non-hydrogen) atoms. The van der Waals surface area contributed by atoms with Crippen LogP contribution in [0.4, 0.5) is 0 Å². The Kier molecular flexibility index (Phi) is 4.19. The Bertz CT molecular complexity index is 374. The second-order valence-corrected chi connectivity index (χ2v) is 6.13. The monoisotopic (exact) mass is 258 g/mol. The van der Waals surface area contributed by atoms with Crippen molar-refractivity contribution in [2.45, 2.75) is 44.1 Å². The lowest BCUT2D eigenvalue weighted by Gasteiger charge is -2.45. The van der Waals surface area contributed by atoms with Gasteiger partial charge >= 0.3 is 0 Å². The Morgan fingerprint density at radius 3 is 2.26 bits per heavy atom. The van der Waals surface area contributed by atoms with E-state index in [1.54, 1.807) is 0 Å². The molecule has 0 amide bonds. The Morgan fingerprint density at radius 2 is 1.63 bits per heavy atom. The van der Waals surface area contributed by atoms with Gasteiger partial charge in [0.25, 0.3) is 0 Å². The predicted octanol–water partition coefficient (Wildman–Crippen LogP) is 3.05. The highest BCUT2D eigenvalue weighted by atomic mass is 15.1. The average Bonchev–Trinajstić information content (AvgIpc) is 2.78. The van der Waals surface area contributed by atoms with Crippen LogP contribution >= 0.6 is 0 Å². The summed E-state index contributed by atoms with van der Waals surface area (Å²) < 4.78 is 0. The minimum atomic E-state index is 0.170. The smallest absolute Gasteiger partial charge is 0.0589 e. The van der Waals surface area contributed by atoms with Crippen molar-refractivity contribution < 1.29 is 0 Å². The molecule has 2 aliphatic rings. The molecule has 2 nitrogen and oxygen atoms in total. The first-order valence-corrected chi connectivity index (χ1v) is 7.93. The second kappa shape index (κ2) is 6.06.